The van der Waals surface area contributed by atoms with Crippen LogP contribution in [0.5, 0.6) is 0 Å². The first kappa shape index (κ1) is 18.6. The van der Waals surface area contributed by atoms with Gasteiger partial charge in [0, 0.05) is 26.2 Å². The van der Waals surface area contributed by atoms with Crippen LogP contribution in [-0.2, 0) is 17.5 Å². The van der Waals surface area contributed by atoms with Gasteiger partial charge in [-0.25, -0.2) is 4.79 Å². The summed E-state index contributed by atoms with van der Waals surface area (Å²) in [5.41, 5.74) is -0.179. The molecule has 4 nitrogen and oxygen atoms in total. The van der Waals surface area contributed by atoms with Gasteiger partial charge in [-0.2, -0.15) is 13.2 Å². The molecule has 1 aromatic rings. The van der Waals surface area contributed by atoms with Gasteiger partial charge in [0.15, 0.2) is 0 Å². The molecule has 1 aliphatic heterocycles. The zero-order valence-electron chi connectivity index (χ0n) is 13.5. The van der Waals surface area contributed by atoms with E-state index in [1.807, 2.05) is 0 Å². The highest BCUT2D eigenvalue weighted by molar-refractivity contribution is 5.67. The van der Waals surface area contributed by atoms with Crippen molar-refractivity contribution in [1.29, 1.82) is 0 Å². The third-order valence-corrected chi connectivity index (χ3v) is 4.00. The normalized spacial score (nSPS) is 16.2. The Labute approximate surface area is 140 Å². The van der Waals surface area contributed by atoms with Crippen LogP contribution >= 0.6 is 0 Å². The maximum atomic E-state index is 12.5. The summed E-state index contributed by atoms with van der Waals surface area (Å²) in [6.07, 6.45) is -2.84. The Morgan fingerprint density at radius 2 is 1.75 bits per heavy atom. The van der Waals surface area contributed by atoms with Gasteiger partial charge in [-0.05, 0) is 30.7 Å². The summed E-state index contributed by atoms with van der Waals surface area (Å²) >= 11 is 0. The number of hydrogen-bond acceptors (Lipinski definition) is 3. The molecule has 0 unspecified atom stereocenters. The molecule has 0 spiro atoms. The van der Waals surface area contributed by atoms with Crippen LogP contribution in [-0.4, -0.2) is 48.6 Å². The molecule has 0 atom stereocenters. The van der Waals surface area contributed by atoms with Gasteiger partial charge in [0.1, 0.15) is 6.61 Å². The lowest BCUT2D eigenvalue weighted by molar-refractivity contribution is -0.137. The first-order valence-corrected chi connectivity index (χ1v) is 7.99. The lowest BCUT2D eigenvalue weighted by Crippen LogP contribution is -2.48. The number of carbonyl (C=O) groups is 1. The number of rotatable bonds is 5. The lowest BCUT2D eigenvalue weighted by atomic mass is 10.1. The Morgan fingerprint density at radius 3 is 2.29 bits per heavy atom. The molecular weight excluding hydrogens is 321 g/mol. The smallest absolute Gasteiger partial charge is 0.416 e. The van der Waals surface area contributed by atoms with E-state index in [-0.39, 0.29) is 6.61 Å². The Hall–Kier alpha value is -1.76. The number of ether oxygens (including phenoxy) is 1. The maximum absolute atomic E-state index is 12.5. The topological polar surface area (TPSA) is 32.8 Å². The Kier molecular flexibility index (Phi) is 6.48. The number of carbonyl (C=O) groups excluding carboxylic acids is 1. The van der Waals surface area contributed by atoms with Crippen molar-refractivity contribution in [2.45, 2.75) is 25.6 Å². The number of piperazine rings is 1. The van der Waals surface area contributed by atoms with E-state index in [9.17, 15) is 18.0 Å². The fourth-order valence-corrected chi connectivity index (χ4v) is 2.52. The highest BCUT2D eigenvalue weighted by atomic mass is 19.4. The first-order valence-electron chi connectivity index (χ1n) is 7.99. The largest absolute Gasteiger partial charge is 0.445 e. The average molecular weight is 343 g/mol. The van der Waals surface area contributed by atoms with Gasteiger partial charge in [0.25, 0.3) is 0 Å². The summed E-state index contributed by atoms with van der Waals surface area (Å²) in [7, 11) is 0. The minimum atomic E-state index is -4.36. The molecule has 1 saturated heterocycles. The number of nitrogens with zero attached hydrogens (tertiary/aromatic N) is 2. The Balaban J connectivity index is 1.75. The van der Waals surface area contributed by atoms with Gasteiger partial charge in [0.2, 0.25) is 0 Å². The molecule has 0 saturated carbocycles. The van der Waals surface area contributed by atoms with Crippen LogP contribution in [0.1, 0.15) is 24.0 Å². The highest BCUT2D eigenvalue weighted by Crippen LogP contribution is 2.29. The predicted molar refractivity (Wildman–Crippen MR) is 84.2 cm³/mol. The number of amides is 1. The van der Waals surface area contributed by atoms with Crippen molar-refractivity contribution in [2.24, 2.45) is 0 Å². The second-order valence-electron chi connectivity index (χ2n) is 5.79. The van der Waals surface area contributed by atoms with Crippen LogP contribution in [0.15, 0.2) is 24.3 Å². The summed E-state index contributed by atoms with van der Waals surface area (Å²) in [6, 6.07) is 4.63. The van der Waals surface area contributed by atoms with E-state index in [2.05, 4.69) is 11.8 Å². The molecule has 1 fully saturated rings. The highest BCUT2D eigenvalue weighted by Gasteiger charge is 2.30. The van der Waals surface area contributed by atoms with Crippen molar-refractivity contribution < 1.29 is 22.7 Å². The molecular formula is C17H22F3N2O2. The zero-order chi connectivity index (χ0) is 17.6. The summed E-state index contributed by atoms with van der Waals surface area (Å²) in [6.45, 7) is 7.57. The van der Waals surface area contributed by atoms with Crippen molar-refractivity contribution in [3.8, 4) is 0 Å². The van der Waals surface area contributed by atoms with E-state index < -0.39 is 17.8 Å². The third kappa shape index (κ3) is 5.40. The molecule has 133 valence electrons. The van der Waals surface area contributed by atoms with Crippen molar-refractivity contribution in [1.82, 2.24) is 9.80 Å². The van der Waals surface area contributed by atoms with E-state index in [0.717, 1.165) is 44.6 Å². The number of halogens is 3. The predicted octanol–water partition coefficient (Wildman–Crippen LogP) is 3.57. The van der Waals surface area contributed by atoms with E-state index in [1.54, 1.807) is 4.90 Å². The second kappa shape index (κ2) is 8.37. The van der Waals surface area contributed by atoms with Crippen LogP contribution in [0.2, 0.25) is 0 Å². The van der Waals surface area contributed by atoms with Crippen molar-refractivity contribution >= 4 is 6.09 Å². The fraction of sp³-hybridized carbons (Fsp3) is 0.529. The van der Waals surface area contributed by atoms with Crippen LogP contribution in [0, 0.1) is 6.92 Å². The molecule has 24 heavy (non-hydrogen) atoms. The van der Waals surface area contributed by atoms with E-state index >= 15 is 0 Å². The molecule has 1 heterocycles. The van der Waals surface area contributed by atoms with Gasteiger partial charge >= 0.3 is 12.3 Å². The molecule has 0 aromatic heterocycles. The molecule has 2 rings (SSSR count). The summed E-state index contributed by atoms with van der Waals surface area (Å²) < 4.78 is 42.6. The fourth-order valence-electron chi connectivity index (χ4n) is 2.52. The van der Waals surface area contributed by atoms with Crippen LogP contribution in [0.3, 0.4) is 0 Å². The van der Waals surface area contributed by atoms with Crippen molar-refractivity contribution in [2.75, 3.05) is 32.7 Å². The SMILES string of the molecule is [CH2]CCCN1CCN(C(=O)OCc2ccc(C(F)(F)F)cc2)CC1. The molecule has 0 N–H and O–H groups in total. The monoisotopic (exact) mass is 343 g/mol. The van der Waals surface area contributed by atoms with E-state index in [1.165, 1.54) is 12.1 Å². The second-order valence-corrected chi connectivity index (χ2v) is 5.79. The van der Waals surface area contributed by atoms with Crippen LogP contribution < -0.4 is 0 Å². The number of unbranched alkanes of at least 4 members (excludes halogenated alkanes) is 1. The molecule has 0 bridgehead atoms. The summed E-state index contributed by atoms with van der Waals surface area (Å²) in [5.74, 6) is 0. The first-order chi connectivity index (χ1) is 11.4. The van der Waals surface area contributed by atoms with Crippen molar-refractivity contribution in [3.05, 3.63) is 42.3 Å². The Bertz CT molecular complexity index is 524. The van der Waals surface area contributed by atoms with Gasteiger partial charge in [0.05, 0.1) is 5.56 Å². The summed E-state index contributed by atoms with van der Waals surface area (Å²) in [5, 5.41) is 0. The van der Waals surface area contributed by atoms with Gasteiger partial charge in [-0.1, -0.05) is 25.5 Å². The maximum Gasteiger partial charge on any atom is 0.416 e. The lowest BCUT2D eigenvalue weighted by Gasteiger charge is -2.34. The molecule has 1 radical (unpaired) electrons. The third-order valence-electron chi connectivity index (χ3n) is 4.00. The number of alkyl halides is 3. The van der Waals surface area contributed by atoms with Crippen molar-refractivity contribution in [3.63, 3.8) is 0 Å². The molecule has 7 heteroatoms. The van der Waals surface area contributed by atoms with Gasteiger partial charge in [-0.3, -0.25) is 4.90 Å². The molecule has 0 aliphatic carbocycles. The zero-order valence-corrected chi connectivity index (χ0v) is 13.5. The molecule has 1 aromatic carbocycles. The Morgan fingerprint density at radius 1 is 1.12 bits per heavy atom. The van der Waals surface area contributed by atoms with Crippen LogP contribution in [0.25, 0.3) is 0 Å². The van der Waals surface area contributed by atoms with E-state index in [4.69, 9.17) is 4.74 Å². The average Bonchev–Trinajstić information content (AvgIpc) is 2.58. The standard InChI is InChI=1S/C17H22F3N2O2/c1-2-3-8-21-9-11-22(12-10-21)16(23)24-13-14-4-6-15(7-5-14)17(18,19)20/h4-7H,1-3,8-13H2. The van der Waals surface area contributed by atoms with E-state index in [0.29, 0.717) is 18.7 Å². The minimum absolute atomic E-state index is 0.0291. The molecule has 1 aliphatic rings. The minimum Gasteiger partial charge on any atom is -0.445 e. The van der Waals surface area contributed by atoms with Crippen LogP contribution in [0.4, 0.5) is 18.0 Å². The van der Waals surface area contributed by atoms with Gasteiger partial charge < -0.3 is 9.64 Å². The summed E-state index contributed by atoms with van der Waals surface area (Å²) in [4.78, 5) is 15.9. The number of hydrogen-bond donors (Lipinski definition) is 0. The molecule has 1 amide bonds. The number of benzene rings is 1. The van der Waals surface area contributed by atoms with Gasteiger partial charge in [-0.15, -0.1) is 0 Å². The quantitative estimate of drug-likeness (QED) is 0.819.